The number of rotatable bonds is 8. The molecule has 0 spiro atoms. The molecule has 0 amide bonds. The van der Waals surface area contributed by atoms with E-state index in [9.17, 15) is 0 Å². The highest BCUT2D eigenvalue weighted by Gasteiger charge is 2.22. The van der Waals surface area contributed by atoms with Gasteiger partial charge in [0.25, 0.3) is 0 Å². The number of fused-ring (bicyclic) bond motifs is 1. The standard InChI is InChI=1S/C56H39N/c1-5-13-40(14-6-1)44-21-23-48(24-22-44)51-35-38-54-53(39-51)55(49-29-25-45(26-30-49)41-15-7-2-8-16-41)56(50-31-27-46(28-32-50)42-17-9-3-10-18-42)57(54)52-36-33-47(34-37-52)43-19-11-4-12-20-43/h1-39H. The number of hydrogen-bond acceptors (Lipinski definition) is 0. The lowest BCUT2D eigenvalue weighted by Crippen LogP contribution is -1.98. The summed E-state index contributed by atoms with van der Waals surface area (Å²) in [5.74, 6) is 0. The van der Waals surface area contributed by atoms with Crippen LogP contribution in [0.15, 0.2) is 237 Å². The maximum Gasteiger partial charge on any atom is 0.0619 e. The third-order valence-electron chi connectivity index (χ3n) is 11.1. The topological polar surface area (TPSA) is 4.93 Å². The van der Waals surface area contributed by atoms with Crippen molar-refractivity contribution < 1.29 is 0 Å². The number of nitrogens with zero attached hydrogens (tertiary/aromatic N) is 1. The summed E-state index contributed by atoms with van der Waals surface area (Å²) in [6, 6.07) is 85.6. The van der Waals surface area contributed by atoms with E-state index < -0.39 is 0 Å². The van der Waals surface area contributed by atoms with Gasteiger partial charge in [0.2, 0.25) is 0 Å². The van der Waals surface area contributed by atoms with Crippen molar-refractivity contribution in [3.05, 3.63) is 237 Å². The van der Waals surface area contributed by atoms with Gasteiger partial charge in [-0.25, -0.2) is 0 Å². The Bertz CT molecular complexity index is 2910. The highest BCUT2D eigenvalue weighted by atomic mass is 15.0. The molecule has 10 aromatic rings. The van der Waals surface area contributed by atoms with Crippen LogP contribution in [0.5, 0.6) is 0 Å². The van der Waals surface area contributed by atoms with Crippen molar-refractivity contribution in [2.75, 3.05) is 0 Å². The zero-order valence-electron chi connectivity index (χ0n) is 31.5. The summed E-state index contributed by atoms with van der Waals surface area (Å²) in [6.45, 7) is 0. The quantitative estimate of drug-likeness (QED) is 0.147. The fraction of sp³-hybridized carbons (Fsp3) is 0. The molecule has 0 aliphatic rings. The van der Waals surface area contributed by atoms with Crippen LogP contribution in [0.3, 0.4) is 0 Å². The fourth-order valence-corrected chi connectivity index (χ4v) is 8.13. The van der Waals surface area contributed by atoms with Gasteiger partial charge in [-0.15, -0.1) is 0 Å². The monoisotopic (exact) mass is 725 g/mol. The third kappa shape index (κ3) is 6.66. The summed E-state index contributed by atoms with van der Waals surface area (Å²) in [7, 11) is 0. The van der Waals surface area contributed by atoms with E-state index in [1.165, 1.54) is 77.8 Å². The van der Waals surface area contributed by atoms with Crippen molar-refractivity contribution >= 4 is 10.9 Å². The molecule has 57 heavy (non-hydrogen) atoms. The molecular weight excluding hydrogens is 687 g/mol. The van der Waals surface area contributed by atoms with Gasteiger partial charge in [0.15, 0.2) is 0 Å². The molecule has 1 heteroatoms. The van der Waals surface area contributed by atoms with Gasteiger partial charge in [-0.3, -0.25) is 0 Å². The average Bonchev–Trinajstić information content (AvgIpc) is 3.65. The molecule has 0 unspecified atom stereocenters. The lowest BCUT2D eigenvalue weighted by Gasteiger charge is -2.15. The van der Waals surface area contributed by atoms with Crippen LogP contribution in [0.4, 0.5) is 0 Å². The first-order chi connectivity index (χ1) is 28.3. The van der Waals surface area contributed by atoms with Crippen LogP contribution in [0.25, 0.3) is 94.6 Å². The van der Waals surface area contributed by atoms with Crippen molar-refractivity contribution in [1.29, 1.82) is 0 Å². The smallest absolute Gasteiger partial charge is 0.0619 e. The van der Waals surface area contributed by atoms with Crippen LogP contribution in [0.2, 0.25) is 0 Å². The number of hydrogen-bond donors (Lipinski definition) is 0. The van der Waals surface area contributed by atoms with Crippen molar-refractivity contribution in [3.8, 4) is 83.7 Å². The molecule has 0 N–H and O–H groups in total. The van der Waals surface area contributed by atoms with Gasteiger partial charge in [-0.1, -0.05) is 212 Å². The minimum Gasteiger partial charge on any atom is -0.309 e. The molecule has 0 radical (unpaired) electrons. The zero-order chi connectivity index (χ0) is 38.0. The Morgan fingerprint density at radius 3 is 0.930 bits per heavy atom. The van der Waals surface area contributed by atoms with Gasteiger partial charge in [0.05, 0.1) is 11.2 Å². The molecule has 0 atom stereocenters. The second kappa shape index (κ2) is 15.0. The van der Waals surface area contributed by atoms with Crippen LogP contribution >= 0.6 is 0 Å². The maximum atomic E-state index is 2.46. The van der Waals surface area contributed by atoms with E-state index in [2.05, 4.69) is 241 Å². The number of benzene rings is 9. The van der Waals surface area contributed by atoms with Crippen LogP contribution in [-0.4, -0.2) is 4.57 Å². The Balaban J connectivity index is 1.19. The summed E-state index contributed by atoms with van der Waals surface area (Å²) < 4.78 is 2.46. The maximum absolute atomic E-state index is 2.46. The van der Waals surface area contributed by atoms with Crippen LogP contribution < -0.4 is 0 Å². The highest BCUT2D eigenvalue weighted by Crippen LogP contribution is 2.45. The van der Waals surface area contributed by atoms with Crippen molar-refractivity contribution in [2.45, 2.75) is 0 Å². The van der Waals surface area contributed by atoms with Gasteiger partial charge in [0.1, 0.15) is 0 Å². The van der Waals surface area contributed by atoms with E-state index in [0.717, 1.165) is 16.8 Å². The first-order valence-corrected chi connectivity index (χ1v) is 19.6. The van der Waals surface area contributed by atoms with Gasteiger partial charge in [0, 0.05) is 16.6 Å². The average molecular weight is 726 g/mol. The van der Waals surface area contributed by atoms with E-state index in [-0.39, 0.29) is 0 Å². The van der Waals surface area contributed by atoms with Gasteiger partial charge in [-0.2, -0.15) is 0 Å². The summed E-state index contributed by atoms with van der Waals surface area (Å²) in [5, 5.41) is 1.21. The van der Waals surface area contributed by atoms with Gasteiger partial charge in [-0.05, 0) is 91.0 Å². The highest BCUT2D eigenvalue weighted by molar-refractivity contribution is 6.07. The summed E-state index contributed by atoms with van der Waals surface area (Å²) in [5.41, 5.74) is 19.0. The second-order valence-electron chi connectivity index (χ2n) is 14.5. The first kappa shape index (κ1) is 34.0. The molecule has 1 nitrogen and oxygen atoms in total. The van der Waals surface area contributed by atoms with Crippen molar-refractivity contribution in [2.24, 2.45) is 0 Å². The summed E-state index contributed by atoms with van der Waals surface area (Å²) in [6.07, 6.45) is 0. The molecule has 268 valence electrons. The Hall–Kier alpha value is -7.48. The SMILES string of the molecule is c1ccc(-c2ccc(-c3ccc4c(c3)c(-c3ccc(-c5ccccc5)cc3)c(-c3ccc(-c5ccccc5)cc3)n4-c3ccc(-c4ccccc4)cc3)cc2)cc1. The third-order valence-corrected chi connectivity index (χ3v) is 11.1. The molecule has 10 rings (SSSR count). The minimum absolute atomic E-state index is 1.12. The molecule has 1 aromatic heterocycles. The molecule has 0 fully saturated rings. The van der Waals surface area contributed by atoms with Crippen molar-refractivity contribution in [1.82, 2.24) is 4.57 Å². The fourth-order valence-electron chi connectivity index (χ4n) is 8.13. The van der Waals surface area contributed by atoms with Crippen LogP contribution in [-0.2, 0) is 0 Å². The molecule has 0 aliphatic heterocycles. The number of aromatic nitrogens is 1. The predicted octanol–water partition coefficient (Wildman–Crippen LogP) is 15.3. The summed E-state index contributed by atoms with van der Waals surface area (Å²) in [4.78, 5) is 0. The van der Waals surface area contributed by atoms with Crippen molar-refractivity contribution in [3.63, 3.8) is 0 Å². The molecule has 0 aliphatic carbocycles. The Kier molecular flexibility index (Phi) is 8.95. The lowest BCUT2D eigenvalue weighted by atomic mass is 9.93. The molecular formula is C56H39N. The molecule has 1 heterocycles. The van der Waals surface area contributed by atoms with Gasteiger partial charge >= 0.3 is 0 Å². The minimum atomic E-state index is 1.12. The normalized spacial score (nSPS) is 11.2. The molecule has 0 saturated carbocycles. The van der Waals surface area contributed by atoms with Gasteiger partial charge < -0.3 is 4.57 Å². The molecule has 9 aromatic carbocycles. The van der Waals surface area contributed by atoms with E-state index >= 15 is 0 Å². The van der Waals surface area contributed by atoms with E-state index in [1.807, 2.05) is 0 Å². The summed E-state index contributed by atoms with van der Waals surface area (Å²) >= 11 is 0. The van der Waals surface area contributed by atoms with E-state index in [1.54, 1.807) is 0 Å². The first-order valence-electron chi connectivity index (χ1n) is 19.6. The predicted molar refractivity (Wildman–Crippen MR) is 241 cm³/mol. The Labute approximate surface area is 334 Å². The van der Waals surface area contributed by atoms with Crippen LogP contribution in [0, 0.1) is 0 Å². The Morgan fingerprint density at radius 2 is 0.526 bits per heavy atom. The van der Waals surface area contributed by atoms with Crippen LogP contribution in [0.1, 0.15) is 0 Å². The largest absolute Gasteiger partial charge is 0.309 e. The second-order valence-corrected chi connectivity index (χ2v) is 14.5. The Morgan fingerprint density at radius 1 is 0.228 bits per heavy atom. The molecule has 0 saturated heterocycles. The van der Waals surface area contributed by atoms with E-state index in [0.29, 0.717) is 0 Å². The lowest BCUT2D eigenvalue weighted by molar-refractivity contribution is 1.14. The molecule has 0 bridgehead atoms. The van der Waals surface area contributed by atoms with E-state index in [4.69, 9.17) is 0 Å². The zero-order valence-corrected chi connectivity index (χ0v) is 31.5.